The van der Waals surface area contributed by atoms with Crippen molar-refractivity contribution in [3.05, 3.63) is 0 Å². The molecule has 134 valence electrons. The quantitative estimate of drug-likeness (QED) is 0.785. The van der Waals surface area contributed by atoms with Crippen LogP contribution < -0.4 is 0 Å². The Balaban J connectivity index is 1.57. The summed E-state index contributed by atoms with van der Waals surface area (Å²) >= 11 is 0. The molecule has 2 saturated heterocycles. The highest BCUT2D eigenvalue weighted by atomic mass is 32.2. The molecule has 3 fully saturated rings. The van der Waals surface area contributed by atoms with Gasteiger partial charge in [0.25, 0.3) is 0 Å². The van der Waals surface area contributed by atoms with E-state index in [1.807, 2.05) is 0 Å². The average Bonchev–Trinajstić information content (AvgIpc) is 2.55. The lowest BCUT2D eigenvalue weighted by Crippen LogP contribution is -2.52. The molecule has 2 heterocycles. The van der Waals surface area contributed by atoms with Crippen LogP contribution in [0.25, 0.3) is 0 Å². The highest BCUT2D eigenvalue weighted by molar-refractivity contribution is 7.89. The zero-order valence-corrected chi connectivity index (χ0v) is 15.4. The van der Waals surface area contributed by atoms with Gasteiger partial charge in [0, 0.05) is 32.2 Å². The lowest BCUT2D eigenvalue weighted by Gasteiger charge is -2.41. The molecule has 23 heavy (non-hydrogen) atoms. The van der Waals surface area contributed by atoms with Crippen molar-refractivity contribution in [1.82, 2.24) is 9.21 Å². The molecule has 0 amide bonds. The molecule has 6 heteroatoms. The van der Waals surface area contributed by atoms with Crippen LogP contribution in [0, 0.1) is 11.8 Å². The summed E-state index contributed by atoms with van der Waals surface area (Å²) in [7, 11) is -3.11. The summed E-state index contributed by atoms with van der Waals surface area (Å²) in [5.41, 5.74) is 0. The molecule has 0 aromatic heterocycles. The molecule has 2 atom stereocenters. The van der Waals surface area contributed by atoms with Gasteiger partial charge in [-0.15, -0.1) is 0 Å². The van der Waals surface area contributed by atoms with Crippen LogP contribution in [0.4, 0.5) is 0 Å². The van der Waals surface area contributed by atoms with Gasteiger partial charge >= 0.3 is 0 Å². The molecule has 0 aromatic rings. The van der Waals surface area contributed by atoms with Gasteiger partial charge in [0.1, 0.15) is 0 Å². The first-order valence-electron chi connectivity index (χ1n) is 9.27. The minimum absolute atomic E-state index is 0.152. The smallest absolute Gasteiger partial charge is 0.217 e. The van der Waals surface area contributed by atoms with Crippen LogP contribution in [-0.4, -0.2) is 68.3 Å². The summed E-state index contributed by atoms with van der Waals surface area (Å²) in [6, 6.07) is 0.537. The van der Waals surface area contributed by atoms with E-state index < -0.39 is 10.0 Å². The third-order valence-electron chi connectivity index (χ3n) is 5.90. The van der Waals surface area contributed by atoms with E-state index in [9.17, 15) is 8.42 Å². The number of morpholine rings is 1. The van der Waals surface area contributed by atoms with Crippen LogP contribution in [0.15, 0.2) is 0 Å². The molecule has 0 N–H and O–H groups in total. The maximum Gasteiger partial charge on any atom is 0.217 e. The van der Waals surface area contributed by atoms with Gasteiger partial charge in [-0.1, -0.05) is 13.8 Å². The summed E-state index contributed by atoms with van der Waals surface area (Å²) in [6.45, 7) is 9.41. The number of ether oxygens (including phenoxy) is 1. The third kappa shape index (κ3) is 4.09. The Morgan fingerprint density at radius 3 is 2.00 bits per heavy atom. The minimum atomic E-state index is -3.11. The van der Waals surface area contributed by atoms with E-state index in [2.05, 4.69) is 18.7 Å². The highest BCUT2D eigenvalue weighted by Crippen LogP contribution is 2.34. The predicted octanol–water partition coefficient (Wildman–Crippen LogP) is 1.94. The lowest BCUT2D eigenvalue weighted by molar-refractivity contribution is 0.00601. The van der Waals surface area contributed by atoms with Gasteiger partial charge in [-0.2, -0.15) is 0 Å². The van der Waals surface area contributed by atoms with Crippen molar-refractivity contribution in [1.29, 1.82) is 0 Å². The molecular formula is C17H32N2O3S. The van der Waals surface area contributed by atoms with Crippen molar-refractivity contribution >= 4 is 10.0 Å². The largest absolute Gasteiger partial charge is 0.379 e. The topological polar surface area (TPSA) is 49.9 Å². The zero-order chi connectivity index (χ0) is 16.4. The first-order valence-corrected chi connectivity index (χ1v) is 10.8. The van der Waals surface area contributed by atoms with E-state index >= 15 is 0 Å². The maximum absolute atomic E-state index is 13.0. The average molecular weight is 345 g/mol. The molecule has 0 aromatic carbocycles. The number of hydrogen-bond acceptors (Lipinski definition) is 4. The second kappa shape index (κ2) is 7.38. The standard InChI is InChI=1S/C17H32N2O3S/c1-14-11-15(2)13-17(12-14)23(20,21)19-5-3-16(4-6-19)18-7-9-22-10-8-18/h14-17H,3-13H2,1-2H3. The van der Waals surface area contributed by atoms with E-state index in [0.29, 0.717) is 31.0 Å². The Labute approximate surface area is 141 Å². The Hall–Kier alpha value is -0.170. The van der Waals surface area contributed by atoms with Gasteiger partial charge in [-0.05, 0) is 43.9 Å². The normalized spacial score (nSPS) is 36.2. The maximum atomic E-state index is 13.0. The molecule has 2 aliphatic heterocycles. The van der Waals surface area contributed by atoms with Crippen LogP contribution in [0.3, 0.4) is 0 Å². The fourth-order valence-electron chi connectivity index (χ4n) is 4.73. The molecule has 0 bridgehead atoms. The van der Waals surface area contributed by atoms with Crippen LogP contribution in [0.5, 0.6) is 0 Å². The number of nitrogens with zero attached hydrogens (tertiary/aromatic N) is 2. The number of piperidine rings is 1. The lowest BCUT2D eigenvalue weighted by atomic mass is 9.83. The van der Waals surface area contributed by atoms with Crippen LogP contribution >= 0.6 is 0 Å². The fourth-order valence-corrected chi connectivity index (χ4v) is 7.02. The molecule has 1 saturated carbocycles. The first-order chi connectivity index (χ1) is 11.0. The molecule has 5 nitrogen and oxygen atoms in total. The van der Waals surface area contributed by atoms with Gasteiger partial charge < -0.3 is 4.74 Å². The monoisotopic (exact) mass is 344 g/mol. The van der Waals surface area contributed by atoms with Crippen molar-refractivity contribution in [2.45, 2.75) is 57.2 Å². The van der Waals surface area contributed by atoms with Gasteiger partial charge in [0.05, 0.1) is 18.5 Å². The van der Waals surface area contributed by atoms with Gasteiger partial charge in [0.2, 0.25) is 10.0 Å². The van der Waals surface area contributed by atoms with Crippen LogP contribution in [-0.2, 0) is 14.8 Å². The van der Waals surface area contributed by atoms with Crippen molar-refractivity contribution < 1.29 is 13.2 Å². The molecule has 0 spiro atoms. The van der Waals surface area contributed by atoms with Crippen LogP contribution in [0.2, 0.25) is 0 Å². The Bertz CT molecular complexity index is 472. The summed E-state index contributed by atoms with van der Waals surface area (Å²) in [5.74, 6) is 1.06. The Morgan fingerprint density at radius 1 is 0.870 bits per heavy atom. The summed E-state index contributed by atoms with van der Waals surface area (Å²) in [4.78, 5) is 2.48. The van der Waals surface area contributed by atoms with Gasteiger partial charge in [-0.25, -0.2) is 12.7 Å². The number of sulfonamides is 1. The molecule has 0 radical (unpaired) electrons. The molecule has 3 rings (SSSR count). The van der Waals surface area contributed by atoms with Crippen LogP contribution in [0.1, 0.15) is 46.0 Å². The Morgan fingerprint density at radius 2 is 1.43 bits per heavy atom. The molecule has 1 aliphatic carbocycles. The van der Waals surface area contributed by atoms with E-state index in [0.717, 1.165) is 52.0 Å². The number of hydrogen-bond donors (Lipinski definition) is 0. The van der Waals surface area contributed by atoms with Crippen molar-refractivity contribution in [3.63, 3.8) is 0 Å². The second-order valence-electron chi connectivity index (χ2n) is 7.86. The summed E-state index contributed by atoms with van der Waals surface area (Å²) in [6.07, 6.45) is 4.80. The highest BCUT2D eigenvalue weighted by Gasteiger charge is 2.39. The van der Waals surface area contributed by atoms with Gasteiger partial charge in [-0.3, -0.25) is 4.90 Å². The zero-order valence-electron chi connectivity index (χ0n) is 14.6. The number of rotatable bonds is 3. The first kappa shape index (κ1) is 17.6. The predicted molar refractivity (Wildman–Crippen MR) is 91.9 cm³/mol. The van der Waals surface area contributed by atoms with Crippen molar-refractivity contribution in [2.75, 3.05) is 39.4 Å². The summed E-state index contributed by atoms with van der Waals surface area (Å²) in [5, 5.41) is -0.152. The second-order valence-corrected chi connectivity index (χ2v) is 10.1. The molecule has 3 aliphatic rings. The van der Waals surface area contributed by atoms with E-state index in [-0.39, 0.29) is 5.25 Å². The SMILES string of the molecule is CC1CC(C)CC(S(=O)(=O)N2CCC(N3CCOCC3)CC2)C1. The van der Waals surface area contributed by atoms with Gasteiger partial charge in [0.15, 0.2) is 0 Å². The fraction of sp³-hybridized carbons (Fsp3) is 1.00. The van der Waals surface area contributed by atoms with Crippen molar-refractivity contribution in [2.24, 2.45) is 11.8 Å². The van der Waals surface area contributed by atoms with E-state index in [1.54, 1.807) is 4.31 Å². The third-order valence-corrected chi connectivity index (χ3v) is 8.21. The summed E-state index contributed by atoms with van der Waals surface area (Å²) < 4.78 is 33.2. The van der Waals surface area contributed by atoms with E-state index in [4.69, 9.17) is 4.74 Å². The van der Waals surface area contributed by atoms with Crippen molar-refractivity contribution in [3.8, 4) is 0 Å². The minimum Gasteiger partial charge on any atom is -0.379 e. The van der Waals surface area contributed by atoms with E-state index in [1.165, 1.54) is 6.42 Å². The molecule has 2 unspecified atom stereocenters. The Kier molecular flexibility index (Phi) is 5.66. The molecular weight excluding hydrogens is 312 g/mol.